The van der Waals surface area contributed by atoms with Crippen molar-refractivity contribution in [2.45, 2.75) is 39.5 Å². The van der Waals surface area contributed by atoms with Crippen LogP contribution in [0.1, 0.15) is 39.5 Å². The van der Waals surface area contributed by atoms with Crippen LogP contribution in [0.4, 0.5) is 0 Å². The lowest BCUT2D eigenvalue weighted by molar-refractivity contribution is -0.124. The third-order valence-corrected chi connectivity index (χ3v) is 3.97. The molecule has 0 aliphatic carbocycles. The quantitative estimate of drug-likeness (QED) is 0.743. The van der Waals surface area contributed by atoms with E-state index in [-0.39, 0.29) is 5.92 Å². The maximum atomic E-state index is 12.0. The summed E-state index contributed by atoms with van der Waals surface area (Å²) in [6, 6.07) is 0. The van der Waals surface area contributed by atoms with E-state index in [9.17, 15) is 4.79 Å². The molecule has 3 unspecified atom stereocenters. The van der Waals surface area contributed by atoms with E-state index in [4.69, 9.17) is 4.74 Å². The molecule has 1 aliphatic heterocycles. The molecule has 1 saturated heterocycles. The molecule has 1 heterocycles. The summed E-state index contributed by atoms with van der Waals surface area (Å²) in [5.74, 6) is 1.75. The van der Waals surface area contributed by atoms with Gasteiger partial charge in [0.05, 0.1) is 0 Å². The Balaban J connectivity index is 2.28. The van der Waals surface area contributed by atoms with Crippen LogP contribution < -0.4 is 5.32 Å². The molecule has 0 radical (unpaired) electrons. The highest BCUT2D eigenvalue weighted by molar-refractivity contribution is 5.80. The molecule has 1 N–H and O–H groups in total. The Labute approximate surface area is 105 Å². The number of Topliss-reactive ketones (excluding diaryl/α,β-unsaturated/α-hetero) is 1. The van der Waals surface area contributed by atoms with Gasteiger partial charge in [0.2, 0.25) is 0 Å². The number of rotatable bonds is 7. The third kappa shape index (κ3) is 5.17. The van der Waals surface area contributed by atoms with Crippen molar-refractivity contribution in [3.8, 4) is 0 Å². The van der Waals surface area contributed by atoms with Crippen LogP contribution in [0.25, 0.3) is 0 Å². The lowest BCUT2D eigenvalue weighted by atomic mass is 9.82. The molecule has 3 nitrogen and oxygen atoms in total. The van der Waals surface area contributed by atoms with Gasteiger partial charge in [-0.05, 0) is 44.2 Å². The lowest BCUT2D eigenvalue weighted by Gasteiger charge is -2.28. The Hall–Kier alpha value is -0.410. The summed E-state index contributed by atoms with van der Waals surface area (Å²) in [4.78, 5) is 12.0. The highest BCUT2D eigenvalue weighted by Gasteiger charge is 2.23. The topological polar surface area (TPSA) is 38.3 Å². The largest absolute Gasteiger partial charge is 0.385 e. The van der Waals surface area contributed by atoms with E-state index in [1.54, 1.807) is 7.11 Å². The Bertz CT molecular complexity index is 224. The van der Waals surface area contributed by atoms with Crippen molar-refractivity contribution < 1.29 is 9.53 Å². The molecule has 3 heteroatoms. The van der Waals surface area contributed by atoms with Crippen molar-refractivity contribution in [1.82, 2.24) is 5.32 Å². The molecule has 1 aliphatic rings. The number of hydrogen-bond donors (Lipinski definition) is 1. The molecular weight excluding hydrogens is 214 g/mol. The fraction of sp³-hybridized carbons (Fsp3) is 0.929. The summed E-state index contributed by atoms with van der Waals surface area (Å²) in [5, 5.41) is 3.42. The molecule has 0 aromatic heterocycles. The standard InChI is InChI=1S/C14H27NO2/c1-11(6-8-17-3)14(16)9-12(2)13-5-4-7-15-10-13/h11-13,15H,4-10H2,1-3H3. The van der Waals surface area contributed by atoms with Gasteiger partial charge in [-0.25, -0.2) is 0 Å². The van der Waals surface area contributed by atoms with E-state index in [0.717, 1.165) is 25.9 Å². The van der Waals surface area contributed by atoms with Crippen LogP contribution in [0.5, 0.6) is 0 Å². The molecule has 0 bridgehead atoms. The lowest BCUT2D eigenvalue weighted by Crippen LogP contribution is -2.34. The highest BCUT2D eigenvalue weighted by atomic mass is 16.5. The Morgan fingerprint density at radius 3 is 2.82 bits per heavy atom. The van der Waals surface area contributed by atoms with E-state index in [1.165, 1.54) is 12.8 Å². The molecular formula is C14H27NO2. The first-order valence-electron chi connectivity index (χ1n) is 6.87. The summed E-state index contributed by atoms with van der Waals surface area (Å²) in [7, 11) is 1.69. The number of ether oxygens (including phenoxy) is 1. The minimum Gasteiger partial charge on any atom is -0.385 e. The second kappa shape index (κ2) is 7.83. The molecule has 0 amide bonds. The smallest absolute Gasteiger partial charge is 0.136 e. The van der Waals surface area contributed by atoms with E-state index in [1.807, 2.05) is 6.92 Å². The molecule has 1 fully saturated rings. The monoisotopic (exact) mass is 241 g/mol. The predicted octanol–water partition coefficient (Wildman–Crippen LogP) is 2.25. The van der Waals surface area contributed by atoms with Crippen molar-refractivity contribution in [3.05, 3.63) is 0 Å². The van der Waals surface area contributed by atoms with Gasteiger partial charge in [-0.3, -0.25) is 4.79 Å². The fourth-order valence-corrected chi connectivity index (χ4v) is 2.51. The second-order valence-corrected chi connectivity index (χ2v) is 5.44. The zero-order valence-electron chi connectivity index (χ0n) is 11.5. The third-order valence-electron chi connectivity index (χ3n) is 3.97. The summed E-state index contributed by atoms with van der Waals surface area (Å²) < 4.78 is 5.02. The number of methoxy groups -OCH3 is 1. The molecule has 0 aromatic carbocycles. The summed E-state index contributed by atoms with van der Waals surface area (Å²) in [6.07, 6.45) is 4.11. The van der Waals surface area contributed by atoms with Gasteiger partial charge >= 0.3 is 0 Å². The first-order valence-corrected chi connectivity index (χ1v) is 6.87. The first-order chi connectivity index (χ1) is 8.15. The van der Waals surface area contributed by atoms with Crippen LogP contribution in [0.2, 0.25) is 0 Å². The van der Waals surface area contributed by atoms with Gasteiger partial charge in [0, 0.05) is 26.1 Å². The van der Waals surface area contributed by atoms with Crippen molar-refractivity contribution in [1.29, 1.82) is 0 Å². The summed E-state index contributed by atoms with van der Waals surface area (Å²) >= 11 is 0. The van der Waals surface area contributed by atoms with Crippen molar-refractivity contribution in [2.75, 3.05) is 26.8 Å². The highest BCUT2D eigenvalue weighted by Crippen LogP contribution is 2.24. The summed E-state index contributed by atoms with van der Waals surface area (Å²) in [5.41, 5.74) is 0. The minimum atomic E-state index is 0.147. The van der Waals surface area contributed by atoms with E-state index in [2.05, 4.69) is 12.2 Å². The van der Waals surface area contributed by atoms with Crippen LogP contribution in [0, 0.1) is 17.8 Å². The predicted molar refractivity (Wildman–Crippen MR) is 70.0 cm³/mol. The van der Waals surface area contributed by atoms with Crippen molar-refractivity contribution in [2.24, 2.45) is 17.8 Å². The van der Waals surface area contributed by atoms with Gasteiger partial charge in [-0.1, -0.05) is 13.8 Å². The number of carbonyl (C=O) groups excluding carboxylic acids is 1. The maximum absolute atomic E-state index is 12.0. The van der Waals surface area contributed by atoms with Crippen LogP contribution >= 0.6 is 0 Å². The molecule has 100 valence electrons. The zero-order chi connectivity index (χ0) is 12.7. The van der Waals surface area contributed by atoms with Crippen molar-refractivity contribution in [3.63, 3.8) is 0 Å². The number of carbonyl (C=O) groups is 1. The summed E-state index contributed by atoms with van der Waals surface area (Å²) in [6.45, 7) is 7.15. The first kappa shape index (κ1) is 14.7. The number of piperidine rings is 1. The van der Waals surface area contributed by atoms with Crippen LogP contribution in [0.15, 0.2) is 0 Å². The Morgan fingerprint density at radius 1 is 1.47 bits per heavy atom. The average molecular weight is 241 g/mol. The van der Waals surface area contributed by atoms with Crippen molar-refractivity contribution >= 4 is 5.78 Å². The SMILES string of the molecule is COCCC(C)C(=O)CC(C)C1CCCNC1. The molecule has 1 rings (SSSR count). The Morgan fingerprint density at radius 2 is 2.24 bits per heavy atom. The average Bonchev–Trinajstić information content (AvgIpc) is 2.36. The second-order valence-electron chi connectivity index (χ2n) is 5.44. The van der Waals surface area contributed by atoms with Crippen LogP contribution in [-0.4, -0.2) is 32.6 Å². The van der Waals surface area contributed by atoms with Gasteiger partial charge in [0.15, 0.2) is 0 Å². The molecule has 3 atom stereocenters. The zero-order valence-corrected chi connectivity index (χ0v) is 11.5. The molecule has 17 heavy (non-hydrogen) atoms. The van der Waals surface area contributed by atoms with Gasteiger partial charge in [-0.2, -0.15) is 0 Å². The molecule has 0 aromatic rings. The van der Waals surface area contributed by atoms with E-state index >= 15 is 0 Å². The van der Waals surface area contributed by atoms with Gasteiger partial charge in [0.1, 0.15) is 5.78 Å². The fourth-order valence-electron chi connectivity index (χ4n) is 2.51. The van der Waals surface area contributed by atoms with Crippen LogP contribution in [-0.2, 0) is 9.53 Å². The molecule has 0 spiro atoms. The molecule has 0 saturated carbocycles. The Kier molecular flexibility index (Phi) is 6.75. The van der Waals surface area contributed by atoms with Crippen LogP contribution in [0.3, 0.4) is 0 Å². The minimum absolute atomic E-state index is 0.147. The van der Waals surface area contributed by atoms with E-state index in [0.29, 0.717) is 24.2 Å². The number of nitrogens with one attached hydrogen (secondary N) is 1. The normalized spacial score (nSPS) is 24.3. The number of hydrogen-bond acceptors (Lipinski definition) is 3. The van der Waals surface area contributed by atoms with Gasteiger partial charge in [-0.15, -0.1) is 0 Å². The van der Waals surface area contributed by atoms with Gasteiger partial charge < -0.3 is 10.1 Å². The maximum Gasteiger partial charge on any atom is 0.136 e. The number of ketones is 1. The van der Waals surface area contributed by atoms with Gasteiger partial charge in [0.25, 0.3) is 0 Å². The van der Waals surface area contributed by atoms with E-state index < -0.39 is 0 Å².